The average molecular weight is 275 g/mol. The van der Waals surface area contributed by atoms with Crippen molar-refractivity contribution in [3.8, 4) is 22.4 Å². The predicted molar refractivity (Wildman–Crippen MR) is 85.8 cm³/mol. The van der Waals surface area contributed by atoms with Crippen LogP contribution in [0, 0.1) is 6.92 Å². The van der Waals surface area contributed by atoms with Crippen LogP contribution in [-0.2, 0) is 6.61 Å². The minimum atomic E-state index is 0.0346. The molecule has 0 fully saturated rings. The van der Waals surface area contributed by atoms with Gasteiger partial charge in [-0.15, -0.1) is 0 Å². The standard InChI is InChI=1S/C19H17NO/c1-14-9-17(16-5-3-2-4-6-16)12-18(10-14)19-11-15(13-21)7-8-20-19/h2-12,21H,13H2,1H3. The highest BCUT2D eigenvalue weighted by Crippen LogP contribution is 2.27. The maximum absolute atomic E-state index is 9.27. The Morgan fingerprint density at radius 2 is 1.62 bits per heavy atom. The first-order chi connectivity index (χ1) is 10.3. The minimum Gasteiger partial charge on any atom is -0.392 e. The maximum Gasteiger partial charge on any atom is 0.0705 e. The van der Waals surface area contributed by atoms with Crippen molar-refractivity contribution < 1.29 is 5.11 Å². The summed E-state index contributed by atoms with van der Waals surface area (Å²) >= 11 is 0. The molecule has 1 heterocycles. The molecule has 0 saturated carbocycles. The summed E-state index contributed by atoms with van der Waals surface area (Å²) in [6.07, 6.45) is 1.74. The van der Waals surface area contributed by atoms with Crippen LogP contribution in [0.5, 0.6) is 0 Å². The van der Waals surface area contributed by atoms with E-state index in [1.807, 2.05) is 30.3 Å². The van der Waals surface area contributed by atoms with Gasteiger partial charge in [0.25, 0.3) is 0 Å². The van der Waals surface area contributed by atoms with Crippen molar-refractivity contribution in [1.82, 2.24) is 4.98 Å². The molecular weight excluding hydrogens is 258 g/mol. The molecule has 0 bridgehead atoms. The van der Waals surface area contributed by atoms with Gasteiger partial charge in [0.2, 0.25) is 0 Å². The number of nitrogens with zero attached hydrogens (tertiary/aromatic N) is 1. The molecule has 104 valence electrons. The second kappa shape index (κ2) is 5.90. The number of rotatable bonds is 3. The van der Waals surface area contributed by atoms with Crippen molar-refractivity contribution in [3.63, 3.8) is 0 Å². The third kappa shape index (κ3) is 3.01. The van der Waals surface area contributed by atoms with Crippen LogP contribution in [-0.4, -0.2) is 10.1 Å². The lowest BCUT2D eigenvalue weighted by molar-refractivity contribution is 0.282. The average Bonchev–Trinajstić information content (AvgIpc) is 2.55. The van der Waals surface area contributed by atoms with Gasteiger partial charge in [-0.2, -0.15) is 0 Å². The fraction of sp³-hybridized carbons (Fsp3) is 0.105. The molecular formula is C19H17NO. The lowest BCUT2D eigenvalue weighted by Gasteiger charge is -2.08. The Kier molecular flexibility index (Phi) is 3.80. The Morgan fingerprint density at radius 3 is 2.38 bits per heavy atom. The number of hydrogen-bond donors (Lipinski definition) is 1. The third-order valence-corrected chi connectivity index (χ3v) is 3.49. The highest BCUT2D eigenvalue weighted by atomic mass is 16.3. The summed E-state index contributed by atoms with van der Waals surface area (Å²) in [7, 11) is 0. The molecule has 2 nitrogen and oxygen atoms in total. The first-order valence-electron chi connectivity index (χ1n) is 6.99. The number of aromatic nitrogens is 1. The van der Waals surface area contributed by atoms with E-state index in [2.05, 4.69) is 42.2 Å². The number of aryl methyl sites for hydroxylation is 1. The van der Waals surface area contributed by atoms with Gasteiger partial charge in [0, 0.05) is 11.8 Å². The largest absolute Gasteiger partial charge is 0.392 e. The number of benzene rings is 2. The van der Waals surface area contributed by atoms with Crippen LogP contribution in [0.15, 0.2) is 66.9 Å². The van der Waals surface area contributed by atoms with Crippen LogP contribution >= 0.6 is 0 Å². The molecule has 0 aliphatic carbocycles. The fourth-order valence-corrected chi connectivity index (χ4v) is 2.46. The zero-order valence-corrected chi connectivity index (χ0v) is 12.0. The van der Waals surface area contributed by atoms with Gasteiger partial charge in [0.15, 0.2) is 0 Å². The van der Waals surface area contributed by atoms with E-state index >= 15 is 0 Å². The van der Waals surface area contributed by atoms with E-state index in [1.165, 1.54) is 16.7 Å². The van der Waals surface area contributed by atoms with Gasteiger partial charge in [0.05, 0.1) is 12.3 Å². The lowest BCUT2D eigenvalue weighted by Crippen LogP contribution is -1.90. The SMILES string of the molecule is Cc1cc(-c2ccccc2)cc(-c2cc(CO)ccn2)c1. The molecule has 0 aliphatic heterocycles. The molecule has 1 N–H and O–H groups in total. The quantitative estimate of drug-likeness (QED) is 0.776. The lowest BCUT2D eigenvalue weighted by atomic mass is 9.98. The molecule has 0 radical (unpaired) electrons. The molecule has 1 aromatic heterocycles. The van der Waals surface area contributed by atoms with Gasteiger partial charge >= 0.3 is 0 Å². The monoisotopic (exact) mass is 275 g/mol. The van der Waals surface area contributed by atoms with E-state index in [4.69, 9.17) is 0 Å². The van der Waals surface area contributed by atoms with Gasteiger partial charge in [0.1, 0.15) is 0 Å². The second-order valence-electron chi connectivity index (χ2n) is 5.16. The van der Waals surface area contributed by atoms with E-state index < -0.39 is 0 Å². The first kappa shape index (κ1) is 13.5. The van der Waals surface area contributed by atoms with E-state index in [0.717, 1.165) is 16.8 Å². The Morgan fingerprint density at radius 1 is 0.857 bits per heavy atom. The van der Waals surface area contributed by atoms with Gasteiger partial charge in [-0.1, -0.05) is 36.4 Å². The molecule has 0 amide bonds. The summed E-state index contributed by atoms with van der Waals surface area (Å²) in [5, 5.41) is 9.27. The predicted octanol–water partition coefficient (Wildman–Crippen LogP) is 4.22. The molecule has 0 spiro atoms. The summed E-state index contributed by atoms with van der Waals surface area (Å²) < 4.78 is 0. The number of aliphatic hydroxyl groups is 1. The van der Waals surface area contributed by atoms with Crippen molar-refractivity contribution in [2.45, 2.75) is 13.5 Å². The van der Waals surface area contributed by atoms with Gasteiger partial charge in [-0.3, -0.25) is 4.98 Å². The van der Waals surface area contributed by atoms with Crippen molar-refractivity contribution in [3.05, 3.63) is 78.0 Å². The fourth-order valence-electron chi connectivity index (χ4n) is 2.46. The summed E-state index contributed by atoms with van der Waals surface area (Å²) in [6, 6.07) is 20.5. The Hall–Kier alpha value is -2.45. The van der Waals surface area contributed by atoms with Crippen LogP contribution < -0.4 is 0 Å². The van der Waals surface area contributed by atoms with Crippen LogP contribution in [0.1, 0.15) is 11.1 Å². The van der Waals surface area contributed by atoms with E-state index in [1.54, 1.807) is 6.20 Å². The molecule has 3 rings (SSSR count). The van der Waals surface area contributed by atoms with Crippen LogP contribution in [0.3, 0.4) is 0 Å². The highest BCUT2D eigenvalue weighted by molar-refractivity contribution is 5.72. The van der Waals surface area contributed by atoms with E-state index in [0.29, 0.717) is 0 Å². The van der Waals surface area contributed by atoms with E-state index in [-0.39, 0.29) is 6.61 Å². The van der Waals surface area contributed by atoms with E-state index in [9.17, 15) is 5.11 Å². The summed E-state index contributed by atoms with van der Waals surface area (Å²) in [5.41, 5.74) is 6.42. The summed E-state index contributed by atoms with van der Waals surface area (Å²) in [5.74, 6) is 0. The Labute approximate surface area is 124 Å². The smallest absolute Gasteiger partial charge is 0.0705 e. The molecule has 3 aromatic rings. The van der Waals surface area contributed by atoms with Crippen LogP contribution in [0.25, 0.3) is 22.4 Å². The Bertz CT molecular complexity index is 751. The zero-order valence-electron chi connectivity index (χ0n) is 12.0. The maximum atomic E-state index is 9.27. The minimum absolute atomic E-state index is 0.0346. The number of aliphatic hydroxyl groups excluding tert-OH is 1. The van der Waals surface area contributed by atoms with Crippen molar-refractivity contribution in [2.75, 3.05) is 0 Å². The molecule has 0 saturated heterocycles. The highest BCUT2D eigenvalue weighted by Gasteiger charge is 2.05. The zero-order chi connectivity index (χ0) is 14.7. The van der Waals surface area contributed by atoms with Crippen molar-refractivity contribution in [2.24, 2.45) is 0 Å². The van der Waals surface area contributed by atoms with Gasteiger partial charge in [-0.25, -0.2) is 0 Å². The molecule has 0 unspecified atom stereocenters. The van der Waals surface area contributed by atoms with Gasteiger partial charge in [-0.05, 0) is 53.4 Å². The molecule has 2 aromatic carbocycles. The number of hydrogen-bond acceptors (Lipinski definition) is 2. The topological polar surface area (TPSA) is 33.1 Å². The van der Waals surface area contributed by atoms with Crippen LogP contribution in [0.4, 0.5) is 0 Å². The first-order valence-corrected chi connectivity index (χ1v) is 6.99. The molecule has 0 atom stereocenters. The van der Waals surface area contributed by atoms with Crippen molar-refractivity contribution >= 4 is 0 Å². The van der Waals surface area contributed by atoms with Gasteiger partial charge < -0.3 is 5.11 Å². The normalized spacial score (nSPS) is 10.6. The summed E-state index contributed by atoms with van der Waals surface area (Å²) in [6.45, 7) is 2.12. The Balaban J connectivity index is 2.09. The van der Waals surface area contributed by atoms with Crippen molar-refractivity contribution in [1.29, 1.82) is 0 Å². The molecule has 2 heteroatoms. The molecule has 21 heavy (non-hydrogen) atoms. The summed E-state index contributed by atoms with van der Waals surface area (Å²) in [4.78, 5) is 4.42. The number of pyridine rings is 1. The second-order valence-corrected chi connectivity index (χ2v) is 5.16. The van der Waals surface area contributed by atoms with Crippen LogP contribution in [0.2, 0.25) is 0 Å². The third-order valence-electron chi connectivity index (χ3n) is 3.49. The molecule has 0 aliphatic rings.